The third-order valence-electron chi connectivity index (χ3n) is 2.04. The van der Waals surface area contributed by atoms with Crippen LogP contribution in [0.4, 0.5) is 5.69 Å². The van der Waals surface area contributed by atoms with Gasteiger partial charge in [-0.1, -0.05) is 24.1 Å². The Bertz CT molecular complexity index is 488. The van der Waals surface area contributed by atoms with Gasteiger partial charge >= 0.3 is 5.97 Å². The van der Waals surface area contributed by atoms with Gasteiger partial charge in [-0.2, -0.15) is 0 Å². The molecule has 5 N–H and O–H groups in total. The van der Waals surface area contributed by atoms with Crippen molar-refractivity contribution in [3.05, 3.63) is 40.9 Å². The lowest BCUT2D eigenvalue weighted by Gasteiger charge is -2.09. The summed E-state index contributed by atoms with van der Waals surface area (Å²) in [6, 6.07) is 6.46. The molecule has 0 aliphatic heterocycles. The number of hydrogen-bond acceptors (Lipinski definition) is 6. The van der Waals surface area contributed by atoms with Gasteiger partial charge in [0, 0.05) is 5.41 Å². The number of esters is 1. The van der Waals surface area contributed by atoms with E-state index in [1.165, 1.54) is 12.5 Å². The molecule has 0 radical (unpaired) electrons. The largest absolute Gasteiger partial charge is 0.465 e. The topological polar surface area (TPSA) is 107 Å². The lowest BCUT2D eigenvalue weighted by atomic mass is 10.2. The van der Waals surface area contributed by atoms with Gasteiger partial charge in [-0.25, -0.2) is 4.79 Å². The number of benzene rings is 1. The molecule has 18 heavy (non-hydrogen) atoms. The Labute approximate surface area is 108 Å². The summed E-state index contributed by atoms with van der Waals surface area (Å²) in [5.41, 5.74) is 6.00. The molecule has 1 rings (SSSR count). The number of carbonyl (C=O) groups is 2. The molecule has 0 fully saturated rings. The Morgan fingerprint density at radius 3 is 2.67 bits per heavy atom. The molecule has 0 atom stereocenters. The van der Waals surface area contributed by atoms with Gasteiger partial charge in [-0.15, -0.1) is 0 Å². The SMILES string of the molecule is COC(=O)c1ccccc1NC(=O)/C(N)=C/SN. The smallest absolute Gasteiger partial charge is 0.339 e. The minimum Gasteiger partial charge on any atom is -0.465 e. The number of carbonyl (C=O) groups excluding carboxylic acids is 2. The van der Waals surface area contributed by atoms with Gasteiger partial charge in [0.1, 0.15) is 5.70 Å². The van der Waals surface area contributed by atoms with Gasteiger partial charge < -0.3 is 15.8 Å². The van der Waals surface area contributed by atoms with Crippen LogP contribution < -0.4 is 16.2 Å². The van der Waals surface area contributed by atoms with Crippen LogP contribution in [0.25, 0.3) is 0 Å². The summed E-state index contributed by atoms with van der Waals surface area (Å²) in [6.45, 7) is 0. The molecule has 0 saturated heterocycles. The molecule has 0 aliphatic rings. The predicted molar refractivity (Wildman–Crippen MR) is 70.5 cm³/mol. The summed E-state index contributed by atoms with van der Waals surface area (Å²) in [6.07, 6.45) is 0. The third-order valence-corrected chi connectivity index (χ3v) is 2.43. The van der Waals surface area contributed by atoms with Crippen molar-refractivity contribution in [2.24, 2.45) is 10.9 Å². The molecular weight excluding hydrogens is 254 g/mol. The number of nitrogens with one attached hydrogen (secondary N) is 1. The lowest BCUT2D eigenvalue weighted by molar-refractivity contribution is -0.112. The van der Waals surface area contributed by atoms with Gasteiger partial charge in [0.25, 0.3) is 5.91 Å². The van der Waals surface area contributed by atoms with Crippen molar-refractivity contribution in [1.82, 2.24) is 0 Å². The molecule has 1 aromatic rings. The van der Waals surface area contributed by atoms with E-state index in [-0.39, 0.29) is 11.3 Å². The van der Waals surface area contributed by atoms with Crippen LogP contribution in [-0.2, 0) is 9.53 Å². The summed E-state index contributed by atoms with van der Waals surface area (Å²) >= 11 is 0.824. The van der Waals surface area contributed by atoms with Crippen molar-refractivity contribution < 1.29 is 14.3 Å². The number of ether oxygens (including phenoxy) is 1. The number of amides is 1. The van der Waals surface area contributed by atoms with Crippen molar-refractivity contribution in [2.45, 2.75) is 0 Å². The molecule has 6 nitrogen and oxygen atoms in total. The zero-order valence-electron chi connectivity index (χ0n) is 9.67. The molecule has 0 saturated carbocycles. The van der Waals surface area contributed by atoms with Crippen LogP contribution in [0, 0.1) is 0 Å². The van der Waals surface area contributed by atoms with E-state index >= 15 is 0 Å². The summed E-state index contributed by atoms with van der Waals surface area (Å²) in [5.74, 6) is -1.08. The van der Waals surface area contributed by atoms with E-state index in [0.29, 0.717) is 5.69 Å². The Balaban J connectivity index is 2.95. The maximum Gasteiger partial charge on any atom is 0.339 e. The molecule has 0 spiro atoms. The molecule has 96 valence electrons. The molecule has 0 bridgehead atoms. The maximum absolute atomic E-state index is 11.6. The lowest BCUT2D eigenvalue weighted by Crippen LogP contribution is -2.21. The Morgan fingerprint density at radius 1 is 1.39 bits per heavy atom. The number of hydrogen-bond donors (Lipinski definition) is 3. The first-order valence-electron chi connectivity index (χ1n) is 4.90. The van der Waals surface area contributed by atoms with E-state index in [4.69, 9.17) is 10.9 Å². The minimum absolute atomic E-state index is 0.0397. The van der Waals surface area contributed by atoms with E-state index in [1.54, 1.807) is 24.3 Å². The van der Waals surface area contributed by atoms with Gasteiger partial charge in [0.2, 0.25) is 0 Å². The highest BCUT2D eigenvalue weighted by molar-refractivity contribution is 8.00. The minimum atomic E-state index is -0.540. The molecule has 1 amide bonds. The zero-order valence-corrected chi connectivity index (χ0v) is 10.5. The molecule has 0 aliphatic carbocycles. The maximum atomic E-state index is 11.6. The second-order valence-corrected chi connectivity index (χ2v) is 3.71. The number of para-hydroxylation sites is 1. The van der Waals surface area contributed by atoms with Crippen molar-refractivity contribution in [1.29, 1.82) is 0 Å². The molecule has 0 unspecified atom stereocenters. The van der Waals surface area contributed by atoms with Gasteiger partial charge in [0.15, 0.2) is 0 Å². The van der Waals surface area contributed by atoms with Gasteiger partial charge in [-0.05, 0) is 12.1 Å². The highest BCUT2D eigenvalue weighted by Crippen LogP contribution is 2.16. The van der Waals surface area contributed by atoms with Crippen LogP contribution in [0.2, 0.25) is 0 Å². The fourth-order valence-electron chi connectivity index (χ4n) is 1.20. The number of methoxy groups -OCH3 is 1. The zero-order chi connectivity index (χ0) is 13.5. The van der Waals surface area contributed by atoms with Crippen LogP contribution in [0.3, 0.4) is 0 Å². The van der Waals surface area contributed by atoms with E-state index < -0.39 is 11.9 Å². The number of rotatable bonds is 4. The Kier molecular flexibility index (Phi) is 5.22. The normalized spacial score (nSPS) is 10.9. The fraction of sp³-hybridized carbons (Fsp3) is 0.0909. The predicted octanol–water partition coefficient (Wildman–Crippen LogP) is 0.819. The average molecular weight is 267 g/mol. The average Bonchev–Trinajstić information content (AvgIpc) is 2.38. The van der Waals surface area contributed by atoms with Crippen LogP contribution in [0.5, 0.6) is 0 Å². The first kappa shape index (κ1) is 14.1. The molecule has 1 aromatic carbocycles. The van der Waals surface area contributed by atoms with Crippen LogP contribution in [-0.4, -0.2) is 19.0 Å². The van der Waals surface area contributed by atoms with E-state index in [0.717, 1.165) is 11.9 Å². The van der Waals surface area contributed by atoms with Crippen molar-refractivity contribution in [3.8, 4) is 0 Å². The molecule has 7 heteroatoms. The van der Waals surface area contributed by atoms with Crippen LogP contribution in [0.1, 0.15) is 10.4 Å². The standard InChI is InChI=1S/C11H13N3O3S/c1-17-11(16)7-4-2-3-5-9(7)14-10(15)8(12)6-18-13/h2-6H,12-13H2,1H3,(H,14,15)/b8-6-. The van der Waals surface area contributed by atoms with E-state index in [1.807, 2.05) is 0 Å². The van der Waals surface area contributed by atoms with Crippen molar-refractivity contribution in [2.75, 3.05) is 12.4 Å². The van der Waals surface area contributed by atoms with Crippen molar-refractivity contribution in [3.63, 3.8) is 0 Å². The first-order chi connectivity index (χ1) is 8.60. The van der Waals surface area contributed by atoms with Gasteiger partial charge in [-0.3, -0.25) is 9.93 Å². The van der Waals surface area contributed by atoms with E-state index in [9.17, 15) is 9.59 Å². The molecule has 0 aromatic heterocycles. The molecular formula is C11H13N3O3S. The Morgan fingerprint density at radius 2 is 2.06 bits per heavy atom. The number of nitrogens with two attached hydrogens (primary N) is 2. The summed E-state index contributed by atoms with van der Waals surface area (Å²) in [5, 5.41) is 8.98. The quantitative estimate of drug-likeness (QED) is 0.423. The summed E-state index contributed by atoms with van der Waals surface area (Å²) < 4.78 is 4.61. The first-order valence-corrected chi connectivity index (χ1v) is 5.84. The van der Waals surface area contributed by atoms with E-state index in [2.05, 4.69) is 10.1 Å². The molecule has 0 heterocycles. The third kappa shape index (κ3) is 3.51. The second-order valence-electron chi connectivity index (χ2n) is 3.20. The van der Waals surface area contributed by atoms with Crippen molar-refractivity contribution >= 4 is 29.5 Å². The Hall–Kier alpha value is -1.99. The summed E-state index contributed by atoms with van der Waals surface area (Å²) in [7, 11) is 1.26. The van der Waals surface area contributed by atoms with Crippen LogP contribution in [0.15, 0.2) is 35.4 Å². The van der Waals surface area contributed by atoms with Gasteiger partial charge in [0.05, 0.1) is 18.4 Å². The highest BCUT2D eigenvalue weighted by Gasteiger charge is 2.14. The number of anilines is 1. The summed E-state index contributed by atoms with van der Waals surface area (Å²) in [4.78, 5) is 23.1. The second kappa shape index (κ2) is 6.67. The van der Waals surface area contributed by atoms with Crippen LogP contribution >= 0.6 is 11.9 Å². The highest BCUT2D eigenvalue weighted by atomic mass is 32.2. The fourth-order valence-corrected chi connectivity index (χ4v) is 1.46. The monoisotopic (exact) mass is 267 g/mol.